The molecule has 1 heterocycles. The number of pyridine rings is 1. The Morgan fingerprint density at radius 1 is 1.08 bits per heavy atom. The van der Waals surface area contributed by atoms with Crippen LogP contribution in [-0.4, -0.2) is 10.9 Å². The maximum absolute atomic E-state index is 13.3. The number of amides is 1. The minimum atomic E-state index is -0.467. The van der Waals surface area contributed by atoms with Gasteiger partial charge in [-0.25, -0.2) is 4.39 Å². The van der Waals surface area contributed by atoms with Crippen molar-refractivity contribution in [2.45, 2.75) is 26.2 Å². The lowest BCUT2D eigenvalue weighted by molar-refractivity contribution is 0.102. The summed E-state index contributed by atoms with van der Waals surface area (Å²) in [7, 11) is 0. The van der Waals surface area contributed by atoms with Crippen molar-refractivity contribution >= 4 is 22.5 Å². The summed E-state index contributed by atoms with van der Waals surface area (Å²) in [5, 5.41) is 3.65. The first kappa shape index (κ1) is 16.9. The average Bonchev–Trinajstić information content (AvgIpc) is 2.52. The second kappa shape index (κ2) is 6.16. The molecular weight excluding hydrogens is 319 g/mol. The first-order valence-electron chi connectivity index (χ1n) is 7.98. The molecule has 0 saturated carbocycles. The van der Waals surface area contributed by atoms with Crippen molar-refractivity contribution in [2.75, 3.05) is 5.32 Å². The van der Waals surface area contributed by atoms with E-state index in [1.54, 1.807) is 24.3 Å². The number of anilines is 1. The molecule has 4 nitrogen and oxygen atoms in total. The van der Waals surface area contributed by atoms with Crippen LogP contribution in [0.5, 0.6) is 0 Å². The maximum Gasteiger partial charge on any atom is 0.255 e. The number of aromatic amines is 1. The lowest BCUT2D eigenvalue weighted by Crippen LogP contribution is -2.17. The van der Waals surface area contributed by atoms with Crippen molar-refractivity contribution in [2.24, 2.45) is 0 Å². The van der Waals surface area contributed by atoms with E-state index < -0.39 is 11.7 Å². The van der Waals surface area contributed by atoms with Gasteiger partial charge in [0.1, 0.15) is 5.82 Å². The Kier molecular flexibility index (Phi) is 4.17. The van der Waals surface area contributed by atoms with Crippen molar-refractivity contribution in [3.8, 4) is 0 Å². The van der Waals surface area contributed by atoms with Gasteiger partial charge in [-0.15, -0.1) is 0 Å². The monoisotopic (exact) mass is 338 g/mol. The smallest absolute Gasteiger partial charge is 0.255 e. The Labute approximate surface area is 144 Å². The highest BCUT2D eigenvalue weighted by Crippen LogP contribution is 2.29. The summed E-state index contributed by atoms with van der Waals surface area (Å²) in [6.07, 6.45) is 0. The molecule has 0 atom stereocenters. The highest BCUT2D eigenvalue weighted by atomic mass is 19.1. The van der Waals surface area contributed by atoms with Crippen LogP contribution in [0, 0.1) is 5.82 Å². The first-order valence-corrected chi connectivity index (χ1v) is 7.98. The van der Waals surface area contributed by atoms with Crippen LogP contribution in [0.25, 0.3) is 10.9 Å². The van der Waals surface area contributed by atoms with Crippen LogP contribution in [0.3, 0.4) is 0 Å². The Bertz CT molecular complexity index is 1020. The Hall–Kier alpha value is -2.95. The van der Waals surface area contributed by atoms with E-state index in [9.17, 15) is 14.0 Å². The number of benzene rings is 2. The Morgan fingerprint density at radius 2 is 1.84 bits per heavy atom. The fourth-order valence-corrected chi connectivity index (χ4v) is 2.79. The number of carbonyl (C=O) groups is 1. The number of nitrogens with one attached hydrogen (secondary N) is 2. The zero-order chi connectivity index (χ0) is 18.2. The molecule has 0 fully saturated rings. The normalized spacial score (nSPS) is 11.5. The predicted octanol–water partition coefficient (Wildman–Crippen LogP) is 4.22. The molecular formula is C20H19FN2O2. The molecule has 2 N–H and O–H groups in total. The van der Waals surface area contributed by atoms with Crippen molar-refractivity contribution < 1.29 is 9.18 Å². The number of hydrogen-bond donors (Lipinski definition) is 2. The standard InChI is InChI=1S/C20H19FN2O2/c1-20(2,3)16-11-18(24)23-17-10-14(7-8-15(16)17)22-19(25)12-5-4-6-13(21)9-12/h4-11H,1-3H3,(H,22,25)(H,23,24). The minimum Gasteiger partial charge on any atom is -0.322 e. The van der Waals surface area contributed by atoms with Crippen LogP contribution in [-0.2, 0) is 5.41 Å². The molecule has 0 aliphatic carbocycles. The van der Waals surface area contributed by atoms with Crippen molar-refractivity contribution in [3.63, 3.8) is 0 Å². The summed E-state index contributed by atoms with van der Waals surface area (Å²) in [6.45, 7) is 6.13. The van der Waals surface area contributed by atoms with Gasteiger partial charge in [0.05, 0.1) is 5.52 Å². The number of hydrogen-bond acceptors (Lipinski definition) is 2. The van der Waals surface area contributed by atoms with Gasteiger partial charge in [0.15, 0.2) is 0 Å². The quantitative estimate of drug-likeness (QED) is 0.735. The van der Waals surface area contributed by atoms with Gasteiger partial charge in [-0.1, -0.05) is 32.9 Å². The van der Waals surface area contributed by atoms with Gasteiger partial charge in [-0.3, -0.25) is 9.59 Å². The average molecular weight is 338 g/mol. The fourth-order valence-electron chi connectivity index (χ4n) is 2.79. The molecule has 25 heavy (non-hydrogen) atoms. The topological polar surface area (TPSA) is 62.0 Å². The second-order valence-corrected chi connectivity index (χ2v) is 7.02. The van der Waals surface area contributed by atoms with Crippen LogP contribution >= 0.6 is 0 Å². The molecule has 128 valence electrons. The summed E-state index contributed by atoms with van der Waals surface area (Å²) < 4.78 is 13.3. The molecule has 3 rings (SSSR count). The van der Waals surface area contributed by atoms with E-state index in [2.05, 4.69) is 10.3 Å². The van der Waals surface area contributed by atoms with Gasteiger partial charge < -0.3 is 10.3 Å². The van der Waals surface area contributed by atoms with Crippen molar-refractivity contribution in [1.82, 2.24) is 4.98 Å². The lowest BCUT2D eigenvalue weighted by atomic mass is 9.85. The molecule has 0 unspecified atom stereocenters. The molecule has 0 aliphatic heterocycles. The molecule has 2 aromatic carbocycles. The van der Waals surface area contributed by atoms with E-state index >= 15 is 0 Å². The van der Waals surface area contributed by atoms with E-state index in [1.165, 1.54) is 18.2 Å². The van der Waals surface area contributed by atoms with Gasteiger partial charge >= 0.3 is 0 Å². The molecule has 0 radical (unpaired) electrons. The second-order valence-electron chi connectivity index (χ2n) is 7.02. The molecule has 0 spiro atoms. The number of halogens is 1. The van der Waals surface area contributed by atoms with Gasteiger partial charge in [-0.05, 0) is 41.3 Å². The third-order valence-electron chi connectivity index (χ3n) is 4.00. The summed E-state index contributed by atoms with van der Waals surface area (Å²) in [4.78, 5) is 27.0. The first-order chi connectivity index (χ1) is 11.7. The van der Waals surface area contributed by atoms with Crippen molar-refractivity contribution in [1.29, 1.82) is 0 Å². The Morgan fingerprint density at radius 3 is 2.52 bits per heavy atom. The molecule has 0 bridgehead atoms. The maximum atomic E-state index is 13.3. The van der Waals surface area contributed by atoms with Crippen LogP contribution in [0.2, 0.25) is 0 Å². The largest absolute Gasteiger partial charge is 0.322 e. The van der Waals surface area contributed by atoms with Gasteiger partial charge in [0, 0.05) is 22.7 Å². The number of carbonyl (C=O) groups excluding carboxylic acids is 1. The summed E-state index contributed by atoms with van der Waals surface area (Å²) in [6, 6.07) is 12.4. The lowest BCUT2D eigenvalue weighted by Gasteiger charge is -2.21. The van der Waals surface area contributed by atoms with E-state index in [1.807, 2.05) is 26.8 Å². The van der Waals surface area contributed by atoms with Crippen LogP contribution in [0.15, 0.2) is 53.3 Å². The molecule has 0 saturated heterocycles. The third-order valence-corrected chi connectivity index (χ3v) is 4.00. The fraction of sp³-hybridized carbons (Fsp3) is 0.200. The van der Waals surface area contributed by atoms with Gasteiger partial charge in [0.2, 0.25) is 5.56 Å². The molecule has 3 aromatic rings. The number of aromatic nitrogens is 1. The van der Waals surface area contributed by atoms with Crippen LogP contribution in [0.4, 0.5) is 10.1 Å². The summed E-state index contributed by atoms with van der Waals surface area (Å²) >= 11 is 0. The molecule has 1 aromatic heterocycles. The number of rotatable bonds is 2. The zero-order valence-electron chi connectivity index (χ0n) is 14.3. The number of H-pyrrole nitrogens is 1. The van der Waals surface area contributed by atoms with Crippen LogP contribution in [0.1, 0.15) is 36.7 Å². The van der Waals surface area contributed by atoms with Crippen LogP contribution < -0.4 is 10.9 Å². The molecule has 0 aliphatic rings. The highest BCUT2D eigenvalue weighted by molar-refractivity contribution is 6.05. The van der Waals surface area contributed by atoms with Gasteiger partial charge in [0.25, 0.3) is 5.91 Å². The predicted molar refractivity (Wildman–Crippen MR) is 97.6 cm³/mol. The third kappa shape index (κ3) is 3.60. The minimum absolute atomic E-state index is 0.182. The molecule has 5 heteroatoms. The van der Waals surface area contributed by atoms with E-state index in [4.69, 9.17) is 0 Å². The SMILES string of the molecule is CC(C)(C)c1cc(=O)[nH]c2cc(NC(=O)c3cccc(F)c3)ccc12. The highest BCUT2D eigenvalue weighted by Gasteiger charge is 2.18. The van der Waals surface area contributed by atoms with E-state index in [0.29, 0.717) is 11.2 Å². The zero-order valence-corrected chi connectivity index (χ0v) is 14.3. The van der Waals surface area contributed by atoms with E-state index in [-0.39, 0.29) is 16.5 Å². The van der Waals surface area contributed by atoms with E-state index in [0.717, 1.165) is 10.9 Å². The van der Waals surface area contributed by atoms with Gasteiger partial charge in [-0.2, -0.15) is 0 Å². The molecule has 1 amide bonds. The number of fused-ring (bicyclic) bond motifs is 1. The summed E-state index contributed by atoms with van der Waals surface area (Å²) in [5.41, 5.74) is 1.98. The Balaban J connectivity index is 1.99. The van der Waals surface area contributed by atoms with Crippen molar-refractivity contribution in [3.05, 3.63) is 75.8 Å². The summed E-state index contributed by atoms with van der Waals surface area (Å²) in [5.74, 6) is -0.876.